The van der Waals surface area contributed by atoms with E-state index in [0.717, 1.165) is 12.8 Å². The Bertz CT molecular complexity index is 633. The van der Waals surface area contributed by atoms with Crippen molar-refractivity contribution in [3.63, 3.8) is 0 Å². The van der Waals surface area contributed by atoms with Crippen molar-refractivity contribution in [1.29, 1.82) is 0 Å². The summed E-state index contributed by atoms with van der Waals surface area (Å²) in [5.74, 6) is 0.611. The fourth-order valence-corrected chi connectivity index (χ4v) is 3.64. The minimum absolute atomic E-state index is 0.0518. The van der Waals surface area contributed by atoms with Gasteiger partial charge in [0.1, 0.15) is 0 Å². The maximum atomic E-state index is 12.7. The van der Waals surface area contributed by atoms with Gasteiger partial charge >= 0.3 is 5.97 Å². The predicted molar refractivity (Wildman–Crippen MR) is 85.8 cm³/mol. The largest absolute Gasteiger partial charge is 0.481 e. The number of carbonyl (C=O) groups excluding carboxylic acids is 1. The fourth-order valence-electron chi connectivity index (χ4n) is 3.09. The summed E-state index contributed by atoms with van der Waals surface area (Å²) in [6.07, 6.45) is 2.65. The molecule has 1 atom stereocenters. The van der Waals surface area contributed by atoms with Crippen LogP contribution >= 0.6 is 15.9 Å². The summed E-state index contributed by atoms with van der Waals surface area (Å²) >= 11 is 3.40. The molecule has 3 rings (SSSR count). The van der Waals surface area contributed by atoms with Crippen molar-refractivity contribution in [2.24, 2.45) is 5.92 Å². The van der Waals surface area contributed by atoms with Gasteiger partial charge in [0.15, 0.2) is 11.5 Å². The number of nitrogens with zero attached hydrogens (tertiary/aromatic N) is 1. The van der Waals surface area contributed by atoms with Crippen LogP contribution in [0.25, 0.3) is 0 Å². The van der Waals surface area contributed by atoms with Crippen molar-refractivity contribution in [1.82, 2.24) is 4.90 Å². The molecule has 0 aliphatic carbocycles. The summed E-state index contributed by atoms with van der Waals surface area (Å²) in [5, 5.41) is 8.81. The number of hydrogen-bond acceptors (Lipinski definition) is 4. The van der Waals surface area contributed by atoms with E-state index in [0.29, 0.717) is 41.0 Å². The summed E-state index contributed by atoms with van der Waals surface area (Å²) in [6.45, 7) is 1.47. The number of carbonyl (C=O) groups is 2. The zero-order valence-electron chi connectivity index (χ0n) is 12.6. The molecule has 1 aromatic carbocycles. The maximum Gasteiger partial charge on any atom is 0.303 e. The Hall–Kier alpha value is -1.76. The first-order chi connectivity index (χ1) is 11.0. The van der Waals surface area contributed by atoms with Crippen molar-refractivity contribution in [3.8, 4) is 11.5 Å². The van der Waals surface area contributed by atoms with Gasteiger partial charge in [0.05, 0.1) is 4.47 Å². The topological polar surface area (TPSA) is 76.1 Å². The van der Waals surface area contributed by atoms with Gasteiger partial charge in [-0.1, -0.05) is 0 Å². The number of likely N-dealkylation sites (tertiary alicyclic amines) is 1. The third kappa shape index (κ3) is 3.60. The SMILES string of the molecule is O=C(O)CCC1CCCN(C(=O)c2cc(Br)c3c(c2)OCO3)C1. The van der Waals surface area contributed by atoms with Crippen molar-refractivity contribution >= 4 is 27.8 Å². The van der Waals surface area contributed by atoms with Gasteiger partial charge in [0, 0.05) is 25.1 Å². The van der Waals surface area contributed by atoms with E-state index in [9.17, 15) is 9.59 Å². The molecule has 6 nitrogen and oxygen atoms in total. The van der Waals surface area contributed by atoms with E-state index >= 15 is 0 Å². The van der Waals surface area contributed by atoms with Gasteiger partial charge in [-0.3, -0.25) is 9.59 Å². The van der Waals surface area contributed by atoms with Crippen LogP contribution < -0.4 is 9.47 Å². The van der Waals surface area contributed by atoms with Gasteiger partial charge in [0.25, 0.3) is 5.91 Å². The second kappa shape index (κ2) is 6.78. The summed E-state index contributed by atoms with van der Waals surface area (Å²) in [4.78, 5) is 25.2. The van der Waals surface area contributed by atoms with Crippen LogP contribution in [-0.2, 0) is 4.79 Å². The van der Waals surface area contributed by atoms with Gasteiger partial charge in [-0.05, 0) is 53.2 Å². The van der Waals surface area contributed by atoms with Crippen LogP contribution in [0.5, 0.6) is 11.5 Å². The van der Waals surface area contributed by atoms with Crippen molar-refractivity contribution in [2.45, 2.75) is 25.7 Å². The molecule has 1 saturated heterocycles. The average Bonchev–Trinajstić information content (AvgIpc) is 3.01. The number of aliphatic carboxylic acids is 1. The van der Waals surface area contributed by atoms with Crippen molar-refractivity contribution in [2.75, 3.05) is 19.9 Å². The average molecular weight is 384 g/mol. The molecule has 0 radical (unpaired) electrons. The fraction of sp³-hybridized carbons (Fsp3) is 0.500. The Balaban J connectivity index is 1.70. The molecule has 0 spiro atoms. The second-order valence-corrected chi connectivity index (χ2v) is 6.74. The minimum atomic E-state index is -0.784. The number of carboxylic acids is 1. The summed E-state index contributed by atoms with van der Waals surface area (Å²) in [7, 11) is 0. The van der Waals surface area contributed by atoms with Crippen LogP contribution in [0.15, 0.2) is 16.6 Å². The number of halogens is 1. The van der Waals surface area contributed by atoms with Gasteiger partial charge in [-0.15, -0.1) is 0 Å². The summed E-state index contributed by atoms with van der Waals surface area (Å²) in [6, 6.07) is 3.45. The van der Waals surface area contributed by atoms with Gasteiger partial charge < -0.3 is 19.5 Å². The number of piperidine rings is 1. The van der Waals surface area contributed by atoms with Crippen LogP contribution in [0.3, 0.4) is 0 Å². The lowest BCUT2D eigenvalue weighted by Crippen LogP contribution is -2.40. The number of hydrogen-bond donors (Lipinski definition) is 1. The number of ether oxygens (including phenoxy) is 2. The number of benzene rings is 1. The highest BCUT2D eigenvalue weighted by Gasteiger charge is 2.27. The molecular weight excluding hydrogens is 366 g/mol. The highest BCUT2D eigenvalue weighted by Crippen LogP contribution is 2.40. The Morgan fingerprint density at radius 2 is 2.17 bits per heavy atom. The highest BCUT2D eigenvalue weighted by molar-refractivity contribution is 9.10. The molecule has 2 heterocycles. The van der Waals surface area contributed by atoms with Gasteiger partial charge in [-0.25, -0.2) is 0 Å². The number of fused-ring (bicyclic) bond motifs is 1. The molecule has 0 bridgehead atoms. The van der Waals surface area contributed by atoms with Crippen LogP contribution in [0, 0.1) is 5.92 Å². The standard InChI is InChI=1S/C16H18BrNO5/c17-12-6-11(7-13-15(12)23-9-22-13)16(21)18-5-1-2-10(8-18)3-4-14(19)20/h6-7,10H,1-5,8-9H2,(H,19,20). The van der Waals surface area contributed by atoms with Crippen molar-refractivity contribution < 1.29 is 24.2 Å². The smallest absolute Gasteiger partial charge is 0.303 e. The third-order valence-electron chi connectivity index (χ3n) is 4.25. The Labute approximate surface area is 142 Å². The Morgan fingerprint density at radius 1 is 1.35 bits per heavy atom. The normalized spacial score (nSPS) is 19.7. The number of rotatable bonds is 4. The molecule has 2 aliphatic rings. The van der Waals surface area contributed by atoms with E-state index in [4.69, 9.17) is 14.6 Å². The highest BCUT2D eigenvalue weighted by atomic mass is 79.9. The van der Waals surface area contributed by atoms with Gasteiger partial charge in [0.2, 0.25) is 6.79 Å². The quantitative estimate of drug-likeness (QED) is 0.864. The van der Waals surface area contributed by atoms with Crippen LogP contribution in [0.4, 0.5) is 0 Å². The van der Waals surface area contributed by atoms with Gasteiger partial charge in [-0.2, -0.15) is 0 Å². The lowest BCUT2D eigenvalue weighted by atomic mass is 9.93. The van der Waals surface area contributed by atoms with Crippen LogP contribution in [0.2, 0.25) is 0 Å². The van der Waals surface area contributed by atoms with Crippen LogP contribution in [0.1, 0.15) is 36.0 Å². The van der Waals surface area contributed by atoms with E-state index in [1.165, 1.54) is 0 Å². The lowest BCUT2D eigenvalue weighted by Gasteiger charge is -2.32. The molecular formula is C16H18BrNO5. The molecule has 7 heteroatoms. The first-order valence-electron chi connectivity index (χ1n) is 7.65. The molecule has 1 N–H and O–H groups in total. The Kier molecular flexibility index (Phi) is 4.75. The number of carboxylic acid groups (broad SMARTS) is 1. The predicted octanol–water partition coefficient (Wildman–Crippen LogP) is 2.89. The first-order valence-corrected chi connectivity index (χ1v) is 8.44. The molecule has 1 unspecified atom stereocenters. The molecule has 23 heavy (non-hydrogen) atoms. The first kappa shape index (κ1) is 16.1. The lowest BCUT2D eigenvalue weighted by molar-refractivity contribution is -0.137. The zero-order chi connectivity index (χ0) is 16.4. The molecule has 0 aromatic heterocycles. The van der Waals surface area contributed by atoms with E-state index in [2.05, 4.69) is 15.9 Å². The molecule has 1 amide bonds. The van der Waals surface area contributed by atoms with Crippen molar-refractivity contribution in [3.05, 3.63) is 22.2 Å². The van der Waals surface area contributed by atoms with E-state index < -0.39 is 5.97 Å². The van der Waals surface area contributed by atoms with Crippen LogP contribution in [-0.4, -0.2) is 41.8 Å². The molecule has 0 saturated carbocycles. The Morgan fingerprint density at radius 3 is 2.96 bits per heavy atom. The molecule has 124 valence electrons. The minimum Gasteiger partial charge on any atom is -0.481 e. The monoisotopic (exact) mass is 383 g/mol. The summed E-state index contributed by atoms with van der Waals surface area (Å²) < 4.78 is 11.4. The molecule has 2 aliphatic heterocycles. The third-order valence-corrected chi connectivity index (χ3v) is 4.84. The maximum absolute atomic E-state index is 12.7. The van der Waals surface area contributed by atoms with E-state index in [1.807, 2.05) is 0 Å². The molecule has 1 aromatic rings. The van der Waals surface area contributed by atoms with E-state index in [-0.39, 0.29) is 25.0 Å². The molecule has 1 fully saturated rings. The summed E-state index contributed by atoms with van der Waals surface area (Å²) in [5.41, 5.74) is 0.556. The number of amides is 1. The van der Waals surface area contributed by atoms with E-state index in [1.54, 1.807) is 17.0 Å². The zero-order valence-corrected chi connectivity index (χ0v) is 14.2. The second-order valence-electron chi connectivity index (χ2n) is 5.88.